The summed E-state index contributed by atoms with van der Waals surface area (Å²) in [7, 11) is 0. The molecule has 0 bridgehead atoms. The van der Waals surface area contributed by atoms with E-state index < -0.39 is 0 Å². The average molecular weight is 426 g/mol. The third-order valence-electron chi connectivity index (χ3n) is 3.95. The fourth-order valence-corrected chi connectivity index (χ4v) is 4.50. The number of benzene rings is 1. The number of hydrogen-bond acceptors (Lipinski definition) is 4. The van der Waals surface area contributed by atoms with Gasteiger partial charge in [-0.1, -0.05) is 55.3 Å². The predicted molar refractivity (Wildman–Crippen MR) is 113 cm³/mol. The second kappa shape index (κ2) is 8.63. The number of nitrogens with one attached hydrogen (secondary N) is 1. The van der Waals surface area contributed by atoms with Crippen molar-refractivity contribution >= 4 is 55.6 Å². The number of Topliss-reactive ketones (excluding diaryl/α,β-unsaturated/α-hetero) is 1. The van der Waals surface area contributed by atoms with Gasteiger partial charge in [-0.2, -0.15) is 0 Å². The number of unbranched alkanes of at least 4 members (excludes halogenated alkanes) is 1. The van der Waals surface area contributed by atoms with Crippen molar-refractivity contribution in [2.75, 3.05) is 11.1 Å². The largest absolute Gasteiger partial charge is 0.358 e. The first-order valence-electron chi connectivity index (χ1n) is 8.28. The fraction of sp³-hybridized carbons (Fsp3) is 0.474. The number of carbonyl (C=O) groups excluding carboxylic acids is 1. The Hall–Kier alpha value is -0.650. The first-order valence-corrected chi connectivity index (χ1v) is 10.5. The summed E-state index contributed by atoms with van der Waals surface area (Å²) in [5.74, 6) is 1.14. The van der Waals surface area contributed by atoms with Crippen molar-refractivity contribution in [2.45, 2.75) is 46.5 Å². The minimum absolute atomic E-state index is 0.0397. The Morgan fingerprint density at radius 1 is 1.29 bits per heavy atom. The van der Waals surface area contributed by atoms with Crippen LogP contribution in [0.25, 0.3) is 0 Å². The molecule has 0 aromatic heterocycles. The zero-order valence-electron chi connectivity index (χ0n) is 14.4. The molecular formula is C19H24BrNOS2. The van der Waals surface area contributed by atoms with Crippen molar-refractivity contribution in [1.29, 1.82) is 0 Å². The molecule has 0 amide bonds. The standard InChI is InChI=1S/C19H24BrNOS2/c1-4-5-10-24-18(23)17-15(11-19(2,3)12-16(17)22)21-14-8-6-13(20)7-9-14/h6-9,21H,4-5,10-12H2,1-3H3. The highest BCUT2D eigenvalue weighted by atomic mass is 79.9. The third kappa shape index (κ3) is 5.43. The van der Waals surface area contributed by atoms with E-state index >= 15 is 0 Å². The van der Waals surface area contributed by atoms with Crippen LogP contribution >= 0.6 is 39.9 Å². The summed E-state index contributed by atoms with van der Waals surface area (Å²) in [6.07, 6.45) is 3.65. The average Bonchev–Trinajstić information content (AvgIpc) is 2.48. The van der Waals surface area contributed by atoms with Crippen LogP contribution in [-0.4, -0.2) is 15.7 Å². The number of thioether (sulfide) groups is 1. The van der Waals surface area contributed by atoms with Gasteiger partial charge in [-0.25, -0.2) is 0 Å². The van der Waals surface area contributed by atoms with Gasteiger partial charge in [0, 0.05) is 22.3 Å². The molecule has 0 aliphatic heterocycles. The van der Waals surface area contributed by atoms with E-state index in [1.165, 1.54) is 0 Å². The summed E-state index contributed by atoms with van der Waals surface area (Å²) >= 11 is 10.7. The van der Waals surface area contributed by atoms with E-state index in [0.717, 1.165) is 50.6 Å². The highest BCUT2D eigenvalue weighted by molar-refractivity contribution is 9.10. The Bertz CT molecular complexity index is 650. The molecule has 1 aromatic carbocycles. The third-order valence-corrected chi connectivity index (χ3v) is 6.00. The summed E-state index contributed by atoms with van der Waals surface area (Å²) in [5.41, 5.74) is 2.64. The summed E-state index contributed by atoms with van der Waals surface area (Å²) in [6.45, 7) is 6.44. The van der Waals surface area contributed by atoms with Crippen LogP contribution < -0.4 is 5.32 Å². The number of carbonyl (C=O) groups is 1. The molecule has 2 rings (SSSR count). The molecule has 1 aliphatic carbocycles. The van der Waals surface area contributed by atoms with Crippen LogP contribution in [0.5, 0.6) is 0 Å². The Morgan fingerprint density at radius 2 is 1.96 bits per heavy atom. The lowest BCUT2D eigenvalue weighted by molar-refractivity contribution is -0.117. The van der Waals surface area contributed by atoms with Crippen LogP contribution in [0.1, 0.15) is 46.5 Å². The maximum absolute atomic E-state index is 12.7. The second-order valence-electron chi connectivity index (χ2n) is 6.92. The number of halogens is 1. The number of allylic oxidation sites excluding steroid dienone is 1. The molecule has 1 aliphatic rings. The van der Waals surface area contributed by atoms with E-state index in [9.17, 15) is 4.79 Å². The minimum Gasteiger partial charge on any atom is -0.358 e. The van der Waals surface area contributed by atoms with Crippen LogP contribution in [0.15, 0.2) is 40.0 Å². The topological polar surface area (TPSA) is 29.1 Å². The molecule has 2 nitrogen and oxygen atoms in total. The molecule has 130 valence electrons. The Kier molecular flexibility index (Phi) is 7.08. The van der Waals surface area contributed by atoms with Gasteiger partial charge in [0.15, 0.2) is 5.78 Å². The molecule has 1 aromatic rings. The van der Waals surface area contributed by atoms with Gasteiger partial charge in [-0.15, -0.1) is 11.8 Å². The van der Waals surface area contributed by atoms with E-state index in [4.69, 9.17) is 12.2 Å². The second-order valence-corrected chi connectivity index (χ2v) is 9.60. The van der Waals surface area contributed by atoms with E-state index in [2.05, 4.69) is 42.0 Å². The molecule has 0 fully saturated rings. The Morgan fingerprint density at radius 3 is 2.58 bits per heavy atom. The fourth-order valence-electron chi connectivity index (χ4n) is 2.75. The highest BCUT2D eigenvalue weighted by Gasteiger charge is 2.34. The summed E-state index contributed by atoms with van der Waals surface area (Å²) in [6, 6.07) is 8.00. The number of anilines is 1. The van der Waals surface area contributed by atoms with Gasteiger partial charge in [0.05, 0.1) is 9.77 Å². The van der Waals surface area contributed by atoms with Crippen LogP contribution in [-0.2, 0) is 4.79 Å². The molecular weight excluding hydrogens is 402 g/mol. The molecule has 0 heterocycles. The van der Waals surface area contributed by atoms with Gasteiger partial charge >= 0.3 is 0 Å². The van der Waals surface area contributed by atoms with E-state index in [1.807, 2.05) is 24.3 Å². The van der Waals surface area contributed by atoms with Crippen molar-refractivity contribution in [3.63, 3.8) is 0 Å². The molecule has 0 atom stereocenters. The van der Waals surface area contributed by atoms with Crippen molar-refractivity contribution in [2.24, 2.45) is 5.41 Å². The summed E-state index contributed by atoms with van der Waals surface area (Å²) < 4.78 is 1.77. The zero-order valence-corrected chi connectivity index (χ0v) is 17.7. The SMILES string of the molecule is CCCCSC(=S)C1=C(Nc2ccc(Br)cc2)CC(C)(C)CC1=O. The van der Waals surface area contributed by atoms with Gasteiger partial charge < -0.3 is 5.32 Å². The Balaban J connectivity index is 2.29. The molecule has 24 heavy (non-hydrogen) atoms. The lowest BCUT2D eigenvalue weighted by Crippen LogP contribution is -2.30. The van der Waals surface area contributed by atoms with Gasteiger partial charge in [-0.05, 0) is 48.3 Å². The van der Waals surface area contributed by atoms with Crippen LogP contribution in [0.3, 0.4) is 0 Å². The van der Waals surface area contributed by atoms with Crippen molar-refractivity contribution in [3.05, 3.63) is 40.0 Å². The highest BCUT2D eigenvalue weighted by Crippen LogP contribution is 2.39. The van der Waals surface area contributed by atoms with E-state index in [1.54, 1.807) is 11.8 Å². The lowest BCUT2D eigenvalue weighted by Gasteiger charge is -2.32. The van der Waals surface area contributed by atoms with Gasteiger partial charge in [0.25, 0.3) is 0 Å². The minimum atomic E-state index is -0.0397. The molecule has 0 saturated heterocycles. The normalized spacial score (nSPS) is 17.1. The van der Waals surface area contributed by atoms with Crippen molar-refractivity contribution < 1.29 is 4.79 Å². The van der Waals surface area contributed by atoms with Crippen LogP contribution in [0.2, 0.25) is 0 Å². The molecule has 1 N–H and O–H groups in total. The maximum Gasteiger partial charge on any atom is 0.167 e. The predicted octanol–water partition coefficient (Wildman–Crippen LogP) is 6.36. The Labute approximate surface area is 163 Å². The molecule has 0 spiro atoms. The van der Waals surface area contributed by atoms with Crippen molar-refractivity contribution in [3.8, 4) is 0 Å². The monoisotopic (exact) mass is 425 g/mol. The summed E-state index contributed by atoms with van der Waals surface area (Å²) in [4.78, 5) is 12.7. The molecule has 0 saturated carbocycles. The van der Waals surface area contributed by atoms with Gasteiger partial charge in [0.2, 0.25) is 0 Å². The van der Waals surface area contributed by atoms with Crippen LogP contribution in [0, 0.1) is 5.41 Å². The summed E-state index contributed by atoms with van der Waals surface area (Å²) in [5, 5.41) is 3.45. The smallest absolute Gasteiger partial charge is 0.167 e. The first kappa shape index (κ1) is 19.7. The number of ketones is 1. The van der Waals surface area contributed by atoms with Crippen LogP contribution in [0.4, 0.5) is 5.69 Å². The van der Waals surface area contributed by atoms with E-state index in [0.29, 0.717) is 6.42 Å². The van der Waals surface area contributed by atoms with Gasteiger partial charge in [-0.3, -0.25) is 4.79 Å². The molecule has 5 heteroatoms. The molecule has 0 radical (unpaired) electrons. The molecule has 0 unspecified atom stereocenters. The number of thiocarbonyl (C=S) groups is 1. The quantitative estimate of drug-likeness (QED) is 0.423. The number of rotatable bonds is 6. The maximum atomic E-state index is 12.7. The van der Waals surface area contributed by atoms with E-state index in [-0.39, 0.29) is 11.2 Å². The number of hydrogen-bond donors (Lipinski definition) is 1. The van der Waals surface area contributed by atoms with Gasteiger partial charge in [0.1, 0.15) is 0 Å². The lowest BCUT2D eigenvalue weighted by atomic mass is 9.76. The zero-order chi connectivity index (χ0) is 17.7. The van der Waals surface area contributed by atoms with Crippen molar-refractivity contribution in [1.82, 2.24) is 0 Å². The first-order chi connectivity index (χ1) is 11.3.